The SMILES string of the molecule is c1ccc2c3c(ccc2c1)N(c1cccc2c1oc1ccccc12)c1c(ccc2ccccc12)O3. The summed E-state index contributed by atoms with van der Waals surface area (Å²) in [4.78, 5) is 2.31. The first-order valence-corrected chi connectivity index (χ1v) is 11.8. The minimum atomic E-state index is 0.834. The van der Waals surface area contributed by atoms with E-state index in [9.17, 15) is 0 Å². The van der Waals surface area contributed by atoms with E-state index in [1.807, 2.05) is 12.1 Å². The second kappa shape index (κ2) is 6.87. The van der Waals surface area contributed by atoms with Crippen molar-refractivity contribution in [3.8, 4) is 11.5 Å². The van der Waals surface area contributed by atoms with E-state index < -0.39 is 0 Å². The summed E-state index contributed by atoms with van der Waals surface area (Å²) in [6, 6.07) is 40.0. The molecule has 0 unspecified atom stereocenters. The number of para-hydroxylation sites is 2. The van der Waals surface area contributed by atoms with Crippen LogP contribution in [0.15, 0.2) is 120 Å². The van der Waals surface area contributed by atoms with Crippen LogP contribution in [-0.2, 0) is 0 Å². The van der Waals surface area contributed by atoms with E-state index in [4.69, 9.17) is 9.15 Å². The third-order valence-corrected chi connectivity index (χ3v) is 7.02. The van der Waals surface area contributed by atoms with Gasteiger partial charge in [-0.15, -0.1) is 0 Å². The Hall–Kier alpha value is -4.76. The average Bonchev–Trinajstić information content (AvgIpc) is 3.31. The number of nitrogens with zero attached hydrogens (tertiary/aromatic N) is 1. The van der Waals surface area contributed by atoms with Crippen LogP contribution in [0.1, 0.15) is 0 Å². The molecule has 1 aliphatic rings. The maximum absolute atomic E-state index is 6.65. The van der Waals surface area contributed by atoms with Crippen molar-refractivity contribution < 1.29 is 9.15 Å². The van der Waals surface area contributed by atoms with Crippen LogP contribution < -0.4 is 9.64 Å². The van der Waals surface area contributed by atoms with Crippen LogP contribution in [0.4, 0.5) is 17.1 Å². The molecule has 7 aromatic rings. The summed E-state index contributed by atoms with van der Waals surface area (Å²) < 4.78 is 13.1. The second-order valence-electron chi connectivity index (χ2n) is 8.96. The molecule has 0 aliphatic carbocycles. The van der Waals surface area contributed by atoms with Crippen molar-refractivity contribution in [1.82, 2.24) is 0 Å². The van der Waals surface area contributed by atoms with Crippen molar-refractivity contribution in [1.29, 1.82) is 0 Å². The van der Waals surface area contributed by atoms with Gasteiger partial charge in [-0.05, 0) is 35.0 Å². The zero-order valence-corrected chi connectivity index (χ0v) is 18.7. The minimum absolute atomic E-state index is 0.834. The summed E-state index contributed by atoms with van der Waals surface area (Å²) in [7, 11) is 0. The van der Waals surface area contributed by atoms with Crippen molar-refractivity contribution in [3.05, 3.63) is 115 Å². The van der Waals surface area contributed by atoms with Crippen LogP contribution >= 0.6 is 0 Å². The molecule has 0 saturated heterocycles. The zero-order valence-electron chi connectivity index (χ0n) is 18.7. The molecule has 0 N–H and O–H groups in total. The molecule has 0 spiro atoms. The zero-order chi connectivity index (χ0) is 22.9. The Bertz CT molecular complexity index is 1950. The van der Waals surface area contributed by atoms with E-state index >= 15 is 0 Å². The molecule has 0 saturated carbocycles. The highest BCUT2D eigenvalue weighted by atomic mass is 16.5. The maximum Gasteiger partial charge on any atom is 0.159 e. The van der Waals surface area contributed by atoms with Gasteiger partial charge >= 0.3 is 0 Å². The van der Waals surface area contributed by atoms with Crippen molar-refractivity contribution in [2.24, 2.45) is 0 Å². The molecule has 8 rings (SSSR count). The fourth-order valence-corrected chi connectivity index (χ4v) is 5.45. The Balaban J connectivity index is 1.53. The molecule has 164 valence electrons. The van der Waals surface area contributed by atoms with Gasteiger partial charge < -0.3 is 9.15 Å². The number of furan rings is 1. The van der Waals surface area contributed by atoms with Crippen molar-refractivity contribution in [2.45, 2.75) is 0 Å². The first-order chi connectivity index (χ1) is 17.4. The van der Waals surface area contributed by atoms with E-state index in [1.54, 1.807) is 0 Å². The molecule has 3 heteroatoms. The predicted molar refractivity (Wildman–Crippen MR) is 143 cm³/mol. The smallest absolute Gasteiger partial charge is 0.159 e. The molecule has 0 bridgehead atoms. The van der Waals surface area contributed by atoms with Crippen molar-refractivity contribution in [3.63, 3.8) is 0 Å². The van der Waals surface area contributed by atoms with Gasteiger partial charge in [-0.2, -0.15) is 0 Å². The van der Waals surface area contributed by atoms with Gasteiger partial charge in [0, 0.05) is 21.5 Å². The number of hydrogen-bond donors (Lipinski definition) is 0. The standard InChI is InChI=1S/C32H19NO2/c1-3-10-22-20(8-1)17-19-29-30(22)33(27-18-16-21-9-2-4-11-23(21)31(27)35-29)26-14-7-13-25-24-12-5-6-15-28(24)34-32(25)26/h1-19H. The van der Waals surface area contributed by atoms with Gasteiger partial charge in [0.05, 0.1) is 17.1 Å². The fourth-order valence-electron chi connectivity index (χ4n) is 5.45. The number of rotatable bonds is 1. The summed E-state index contributed by atoms with van der Waals surface area (Å²) in [5.74, 6) is 1.69. The molecular formula is C32H19NO2. The normalized spacial score (nSPS) is 12.7. The van der Waals surface area contributed by atoms with Crippen LogP contribution in [0.5, 0.6) is 11.5 Å². The van der Waals surface area contributed by atoms with Gasteiger partial charge in [0.2, 0.25) is 0 Å². The van der Waals surface area contributed by atoms with Gasteiger partial charge in [-0.3, -0.25) is 4.90 Å². The van der Waals surface area contributed by atoms with Crippen molar-refractivity contribution in [2.75, 3.05) is 4.90 Å². The van der Waals surface area contributed by atoms with Gasteiger partial charge in [-0.25, -0.2) is 0 Å². The Morgan fingerprint density at radius 1 is 0.486 bits per heavy atom. The highest BCUT2D eigenvalue weighted by Crippen LogP contribution is 2.56. The van der Waals surface area contributed by atoms with Crippen LogP contribution in [0.25, 0.3) is 43.5 Å². The number of fused-ring (bicyclic) bond motifs is 9. The number of ether oxygens (including phenoxy) is 1. The molecule has 2 heterocycles. The van der Waals surface area contributed by atoms with Gasteiger partial charge in [-0.1, -0.05) is 91.0 Å². The maximum atomic E-state index is 6.65. The molecule has 6 aromatic carbocycles. The largest absolute Gasteiger partial charge is 0.454 e. The number of hydrogen-bond acceptors (Lipinski definition) is 3. The monoisotopic (exact) mass is 449 g/mol. The first kappa shape index (κ1) is 18.6. The topological polar surface area (TPSA) is 25.6 Å². The Morgan fingerprint density at radius 2 is 1.17 bits per heavy atom. The van der Waals surface area contributed by atoms with E-state index in [-0.39, 0.29) is 0 Å². The van der Waals surface area contributed by atoms with Gasteiger partial charge in [0.1, 0.15) is 5.58 Å². The predicted octanol–water partition coefficient (Wildman–Crippen LogP) is 9.47. The summed E-state index contributed by atoms with van der Waals surface area (Å²) >= 11 is 0. The molecule has 3 nitrogen and oxygen atoms in total. The molecule has 1 aromatic heterocycles. The molecule has 0 atom stereocenters. The lowest BCUT2D eigenvalue weighted by atomic mass is 10.0. The Kier molecular flexibility index (Phi) is 3.66. The average molecular weight is 450 g/mol. The van der Waals surface area contributed by atoms with E-state index in [2.05, 4.69) is 108 Å². The molecule has 0 amide bonds. The summed E-state index contributed by atoms with van der Waals surface area (Å²) in [6.45, 7) is 0. The second-order valence-corrected chi connectivity index (χ2v) is 8.96. The molecule has 35 heavy (non-hydrogen) atoms. The first-order valence-electron chi connectivity index (χ1n) is 11.8. The van der Waals surface area contributed by atoms with Crippen LogP contribution in [-0.4, -0.2) is 0 Å². The molecule has 0 fully saturated rings. The Morgan fingerprint density at radius 3 is 2.06 bits per heavy atom. The minimum Gasteiger partial charge on any atom is -0.454 e. The lowest BCUT2D eigenvalue weighted by Gasteiger charge is -2.34. The van der Waals surface area contributed by atoms with Crippen LogP contribution in [0.2, 0.25) is 0 Å². The van der Waals surface area contributed by atoms with Crippen molar-refractivity contribution >= 4 is 60.5 Å². The van der Waals surface area contributed by atoms with Crippen LogP contribution in [0.3, 0.4) is 0 Å². The highest BCUT2D eigenvalue weighted by molar-refractivity contribution is 6.14. The highest BCUT2D eigenvalue weighted by Gasteiger charge is 2.31. The third kappa shape index (κ3) is 2.55. The third-order valence-electron chi connectivity index (χ3n) is 7.02. The number of anilines is 3. The lowest BCUT2D eigenvalue weighted by Crippen LogP contribution is -2.16. The molecule has 1 aliphatic heterocycles. The van der Waals surface area contributed by atoms with E-state index in [0.717, 1.165) is 66.7 Å². The number of benzene rings is 6. The summed E-state index contributed by atoms with van der Waals surface area (Å²) in [5.41, 5.74) is 4.78. The quantitative estimate of drug-likeness (QED) is 0.249. The van der Waals surface area contributed by atoms with Gasteiger partial charge in [0.15, 0.2) is 17.1 Å². The molecular weight excluding hydrogens is 430 g/mol. The molecule has 0 radical (unpaired) electrons. The van der Waals surface area contributed by atoms with E-state index in [1.165, 1.54) is 5.39 Å². The lowest BCUT2D eigenvalue weighted by molar-refractivity contribution is 0.483. The summed E-state index contributed by atoms with van der Waals surface area (Å²) in [5, 5.41) is 6.77. The Labute approximate surface area is 201 Å². The van der Waals surface area contributed by atoms with Crippen LogP contribution in [0, 0.1) is 0 Å². The van der Waals surface area contributed by atoms with E-state index in [0.29, 0.717) is 0 Å². The fraction of sp³-hybridized carbons (Fsp3) is 0. The van der Waals surface area contributed by atoms with Gasteiger partial charge in [0.25, 0.3) is 0 Å². The summed E-state index contributed by atoms with van der Waals surface area (Å²) in [6.07, 6.45) is 0.